The van der Waals surface area contributed by atoms with Crippen LogP contribution in [0.3, 0.4) is 0 Å². The number of nitrogens with zero attached hydrogens (tertiary/aromatic N) is 5. The number of morpholine rings is 1. The smallest absolute Gasteiger partial charge is 0.274 e. The molecular formula is C15H21N5O3. The fourth-order valence-corrected chi connectivity index (χ4v) is 3.11. The van der Waals surface area contributed by atoms with Crippen LogP contribution in [0.4, 0.5) is 0 Å². The second-order valence-electron chi connectivity index (χ2n) is 6.41. The highest BCUT2D eigenvalue weighted by molar-refractivity contribution is 5.92. The Balaban J connectivity index is 1.59. The van der Waals surface area contributed by atoms with E-state index in [0.29, 0.717) is 31.9 Å². The standard InChI is InChI=1S/C15H21N5O3/c1-18(2)14(22)12-7-23-15(8-19(12)3)9-20(10-15)13(21)11-6-16-4-5-17-11/h4-6,12H,7-10H2,1-3H3/t12-/m1/s1. The number of carbonyl (C=O) groups excluding carboxylic acids is 2. The summed E-state index contributed by atoms with van der Waals surface area (Å²) in [4.78, 5) is 37.6. The summed E-state index contributed by atoms with van der Waals surface area (Å²) in [7, 11) is 5.40. The van der Waals surface area contributed by atoms with E-state index in [1.165, 1.54) is 18.6 Å². The van der Waals surface area contributed by atoms with Crippen molar-refractivity contribution < 1.29 is 14.3 Å². The molecule has 0 bridgehead atoms. The van der Waals surface area contributed by atoms with Gasteiger partial charge in [-0.15, -0.1) is 0 Å². The molecule has 0 saturated carbocycles. The Labute approximate surface area is 135 Å². The summed E-state index contributed by atoms with van der Waals surface area (Å²) >= 11 is 0. The molecule has 0 unspecified atom stereocenters. The Bertz CT molecular complexity index is 600. The Morgan fingerprint density at radius 1 is 1.30 bits per heavy atom. The number of hydrogen-bond acceptors (Lipinski definition) is 6. The highest BCUT2D eigenvalue weighted by Crippen LogP contribution is 2.31. The molecule has 2 aliphatic heterocycles. The Kier molecular flexibility index (Phi) is 4.03. The molecule has 23 heavy (non-hydrogen) atoms. The quantitative estimate of drug-likeness (QED) is 0.702. The summed E-state index contributed by atoms with van der Waals surface area (Å²) in [6.07, 6.45) is 4.51. The van der Waals surface area contributed by atoms with E-state index in [0.717, 1.165) is 0 Å². The second kappa shape index (κ2) is 5.86. The third kappa shape index (κ3) is 2.91. The first-order chi connectivity index (χ1) is 10.9. The normalized spacial score (nSPS) is 23.4. The Morgan fingerprint density at radius 2 is 2.04 bits per heavy atom. The van der Waals surface area contributed by atoms with Crippen molar-refractivity contribution in [3.63, 3.8) is 0 Å². The molecule has 1 atom stereocenters. The van der Waals surface area contributed by atoms with Crippen molar-refractivity contribution in [3.05, 3.63) is 24.3 Å². The zero-order valence-corrected chi connectivity index (χ0v) is 13.6. The molecule has 124 valence electrons. The number of ether oxygens (including phenoxy) is 1. The van der Waals surface area contributed by atoms with Crippen LogP contribution in [0, 0.1) is 0 Å². The highest BCUT2D eigenvalue weighted by Gasteiger charge is 2.51. The number of carbonyl (C=O) groups is 2. The molecule has 2 fully saturated rings. The zero-order valence-electron chi connectivity index (χ0n) is 13.6. The minimum atomic E-state index is -0.379. The van der Waals surface area contributed by atoms with Gasteiger partial charge in [0, 0.05) is 33.0 Å². The van der Waals surface area contributed by atoms with Gasteiger partial charge in [0.1, 0.15) is 17.3 Å². The summed E-state index contributed by atoms with van der Waals surface area (Å²) < 4.78 is 5.95. The first-order valence-corrected chi connectivity index (χ1v) is 7.52. The van der Waals surface area contributed by atoms with Gasteiger partial charge in [-0.25, -0.2) is 4.98 Å². The average molecular weight is 319 g/mol. The Hall–Kier alpha value is -2.06. The van der Waals surface area contributed by atoms with Gasteiger partial charge in [-0.2, -0.15) is 0 Å². The molecular weight excluding hydrogens is 298 g/mol. The molecule has 0 radical (unpaired) electrons. The molecule has 2 saturated heterocycles. The van der Waals surface area contributed by atoms with Crippen LogP contribution < -0.4 is 0 Å². The summed E-state index contributed by atoms with van der Waals surface area (Å²) in [5, 5.41) is 0. The van der Waals surface area contributed by atoms with Crippen molar-refractivity contribution in [2.24, 2.45) is 0 Å². The highest BCUT2D eigenvalue weighted by atomic mass is 16.5. The minimum absolute atomic E-state index is 0.0363. The molecule has 8 heteroatoms. The molecule has 3 heterocycles. The van der Waals surface area contributed by atoms with E-state index >= 15 is 0 Å². The van der Waals surface area contributed by atoms with Gasteiger partial charge in [0.05, 0.1) is 25.9 Å². The maximum Gasteiger partial charge on any atom is 0.274 e. The molecule has 1 aromatic rings. The van der Waals surface area contributed by atoms with Crippen LogP contribution in [0.2, 0.25) is 0 Å². The van der Waals surface area contributed by atoms with Crippen LogP contribution in [-0.2, 0) is 9.53 Å². The summed E-state index contributed by atoms with van der Waals surface area (Å²) in [5.41, 5.74) is -0.0393. The van der Waals surface area contributed by atoms with Gasteiger partial charge in [-0.05, 0) is 7.05 Å². The molecule has 0 aromatic carbocycles. The van der Waals surface area contributed by atoms with E-state index < -0.39 is 0 Å². The van der Waals surface area contributed by atoms with Crippen LogP contribution in [0.1, 0.15) is 10.5 Å². The van der Waals surface area contributed by atoms with Gasteiger partial charge >= 0.3 is 0 Å². The first-order valence-electron chi connectivity index (χ1n) is 7.52. The van der Waals surface area contributed by atoms with Gasteiger partial charge in [0.2, 0.25) is 5.91 Å². The van der Waals surface area contributed by atoms with E-state index in [1.54, 1.807) is 23.9 Å². The van der Waals surface area contributed by atoms with E-state index in [2.05, 4.69) is 9.97 Å². The average Bonchev–Trinajstić information content (AvgIpc) is 2.52. The lowest BCUT2D eigenvalue weighted by molar-refractivity contribution is -0.190. The fraction of sp³-hybridized carbons (Fsp3) is 0.600. The largest absolute Gasteiger partial charge is 0.368 e. The van der Waals surface area contributed by atoms with Gasteiger partial charge in [0.15, 0.2) is 0 Å². The van der Waals surface area contributed by atoms with Crippen molar-refractivity contribution in [2.75, 3.05) is 47.4 Å². The number of likely N-dealkylation sites (N-methyl/N-ethyl adjacent to an activating group) is 2. The van der Waals surface area contributed by atoms with Gasteiger partial charge < -0.3 is 14.5 Å². The molecule has 0 N–H and O–H groups in total. The summed E-state index contributed by atoms with van der Waals surface area (Å²) in [5.74, 6) is -0.101. The van der Waals surface area contributed by atoms with E-state index in [4.69, 9.17) is 4.74 Å². The fourth-order valence-electron chi connectivity index (χ4n) is 3.11. The SMILES string of the molecule is CN(C)C(=O)[C@H]1COC2(CN(C(=O)c3cnccn3)C2)CN1C. The molecule has 1 spiro atoms. The van der Waals surface area contributed by atoms with Gasteiger partial charge in [-0.1, -0.05) is 0 Å². The predicted molar refractivity (Wildman–Crippen MR) is 81.7 cm³/mol. The van der Waals surface area contributed by atoms with Crippen LogP contribution in [-0.4, -0.2) is 95.5 Å². The van der Waals surface area contributed by atoms with Crippen molar-refractivity contribution in [3.8, 4) is 0 Å². The molecule has 2 amide bonds. The maximum absolute atomic E-state index is 12.3. The summed E-state index contributed by atoms with van der Waals surface area (Å²) in [6.45, 7) is 1.99. The van der Waals surface area contributed by atoms with Crippen LogP contribution >= 0.6 is 0 Å². The lowest BCUT2D eigenvalue weighted by Gasteiger charge is -2.54. The molecule has 8 nitrogen and oxygen atoms in total. The first kappa shape index (κ1) is 15.8. The lowest BCUT2D eigenvalue weighted by atomic mass is 9.90. The molecule has 3 rings (SSSR count). The number of rotatable bonds is 2. The van der Waals surface area contributed by atoms with Crippen LogP contribution in [0.5, 0.6) is 0 Å². The minimum Gasteiger partial charge on any atom is -0.368 e. The lowest BCUT2D eigenvalue weighted by Crippen LogP contribution is -2.73. The molecule has 1 aromatic heterocycles. The van der Waals surface area contributed by atoms with Crippen molar-refractivity contribution >= 4 is 11.8 Å². The second-order valence-corrected chi connectivity index (χ2v) is 6.41. The molecule has 2 aliphatic rings. The maximum atomic E-state index is 12.3. The third-order valence-electron chi connectivity index (χ3n) is 4.37. The predicted octanol–water partition coefficient (Wildman–Crippen LogP) is -0.910. The number of likely N-dealkylation sites (tertiary alicyclic amines) is 1. The van der Waals surface area contributed by atoms with Crippen LogP contribution in [0.15, 0.2) is 18.6 Å². The van der Waals surface area contributed by atoms with E-state index in [1.807, 2.05) is 11.9 Å². The zero-order chi connectivity index (χ0) is 16.6. The number of hydrogen-bond donors (Lipinski definition) is 0. The van der Waals surface area contributed by atoms with Crippen LogP contribution in [0.25, 0.3) is 0 Å². The Morgan fingerprint density at radius 3 is 2.61 bits per heavy atom. The monoisotopic (exact) mass is 319 g/mol. The number of aromatic nitrogens is 2. The van der Waals surface area contributed by atoms with Crippen molar-refractivity contribution in [1.82, 2.24) is 24.7 Å². The van der Waals surface area contributed by atoms with Gasteiger partial charge in [-0.3, -0.25) is 19.5 Å². The molecule has 0 aliphatic carbocycles. The third-order valence-corrected chi connectivity index (χ3v) is 4.37. The summed E-state index contributed by atoms with van der Waals surface area (Å²) in [6, 6.07) is -0.264. The topological polar surface area (TPSA) is 78.9 Å². The van der Waals surface area contributed by atoms with Crippen molar-refractivity contribution in [1.29, 1.82) is 0 Å². The van der Waals surface area contributed by atoms with E-state index in [-0.39, 0.29) is 23.5 Å². The number of amides is 2. The van der Waals surface area contributed by atoms with Gasteiger partial charge in [0.25, 0.3) is 5.91 Å². The van der Waals surface area contributed by atoms with Crippen molar-refractivity contribution in [2.45, 2.75) is 11.6 Å². The van der Waals surface area contributed by atoms with E-state index in [9.17, 15) is 9.59 Å².